The van der Waals surface area contributed by atoms with E-state index >= 15 is 0 Å². The topological polar surface area (TPSA) is 18.5 Å². The molecule has 11 heavy (non-hydrogen) atoms. The maximum Gasteiger partial charge on any atom is 0.282 e. The third-order valence-corrected chi connectivity index (χ3v) is 2.97. The van der Waals surface area contributed by atoms with Crippen LogP contribution in [0.5, 0.6) is 0 Å². The van der Waals surface area contributed by atoms with Crippen LogP contribution in [0.1, 0.15) is 32.6 Å². The second kappa shape index (κ2) is 16.9. The zero-order valence-corrected chi connectivity index (χ0v) is 13.5. The van der Waals surface area contributed by atoms with Crippen LogP contribution in [0.15, 0.2) is 0 Å². The summed E-state index contributed by atoms with van der Waals surface area (Å²) in [4.78, 5) is 0. The minimum atomic E-state index is -0.444. The van der Waals surface area contributed by atoms with E-state index in [4.69, 9.17) is 8.23 Å². The fourth-order valence-electron chi connectivity index (χ4n) is 0.545. The third kappa shape index (κ3) is 25.0. The van der Waals surface area contributed by atoms with Gasteiger partial charge in [0.1, 0.15) is 21.0 Å². The van der Waals surface area contributed by atoms with Gasteiger partial charge >= 0.3 is 0 Å². The van der Waals surface area contributed by atoms with E-state index in [0.29, 0.717) is 0 Å². The summed E-state index contributed by atoms with van der Waals surface area (Å²) < 4.78 is 9.56. The molecular weight excluding hydrogens is 188 g/mol. The Morgan fingerprint density at radius 1 is 1.27 bits per heavy atom. The van der Waals surface area contributed by atoms with E-state index in [9.17, 15) is 0 Å². The van der Waals surface area contributed by atoms with Crippen molar-refractivity contribution in [3.05, 3.63) is 6.92 Å². The number of rotatable bonds is 5. The zero-order valence-electron chi connectivity index (χ0n) is 8.06. The monoisotopic (exact) mass is 209 g/mol. The summed E-state index contributed by atoms with van der Waals surface area (Å²) in [7, 11) is 1.27. The van der Waals surface area contributed by atoms with Crippen LogP contribution in [0, 0.1) is 6.92 Å². The van der Waals surface area contributed by atoms with Crippen molar-refractivity contribution in [2.45, 2.75) is 32.6 Å². The Morgan fingerprint density at radius 3 is 1.91 bits per heavy atom. The van der Waals surface area contributed by atoms with Gasteiger partial charge in [-0.2, -0.15) is 0 Å². The smallest absolute Gasteiger partial charge is 0.282 e. The van der Waals surface area contributed by atoms with Crippen molar-refractivity contribution in [1.29, 1.82) is 0 Å². The molecule has 0 aromatic carbocycles. The maximum atomic E-state index is 4.78. The van der Waals surface area contributed by atoms with Gasteiger partial charge in [-0.3, -0.25) is 0 Å². The number of hydrogen-bond acceptors (Lipinski definition) is 2. The Balaban J connectivity index is 0. The summed E-state index contributed by atoms with van der Waals surface area (Å²) >= 11 is 0. The molecule has 0 bridgehead atoms. The molecule has 0 amide bonds. The van der Waals surface area contributed by atoms with Gasteiger partial charge in [-0.15, -0.1) is 0 Å². The SMILES string of the molecule is [CH2]CCCCC.[SiH3]O[SiH2]O[SiH3]. The Kier molecular flexibility index (Phi) is 21.7. The first-order valence-corrected chi connectivity index (χ1v) is 6.89. The van der Waals surface area contributed by atoms with Gasteiger partial charge in [-0.1, -0.05) is 39.5 Å². The zero-order chi connectivity index (χ0) is 8.95. The molecule has 0 saturated heterocycles. The molecule has 0 saturated carbocycles. The Hall–Kier alpha value is 0.571. The van der Waals surface area contributed by atoms with E-state index in [0.717, 1.165) is 27.4 Å². The normalized spacial score (nSPS) is 10.4. The molecule has 0 unspecified atom stereocenters. The van der Waals surface area contributed by atoms with Gasteiger partial charge in [0.05, 0.1) is 0 Å². The molecule has 0 atom stereocenters. The van der Waals surface area contributed by atoms with Crippen LogP contribution >= 0.6 is 0 Å². The molecule has 0 heterocycles. The van der Waals surface area contributed by atoms with Crippen LogP contribution in [0.4, 0.5) is 0 Å². The van der Waals surface area contributed by atoms with Gasteiger partial charge in [0, 0.05) is 0 Å². The lowest BCUT2D eigenvalue weighted by molar-refractivity contribution is 0.513. The average molecular weight is 209 g/mol. The van der Waals surface area contributed by atoms with Crippen molar-refractivity contribution in [3.63, 3.8) is 0 Å². The van der Waals surface area contributed by atoms with E-state index in [-0.39, 0.29) is 0 Å². The summed E-state index contributed by atoms with van der Waals surface area (Å²) in [5, 5.41) is 0. The number of hydrogen-bond donors (Lipinski definition) is 0. The second-order valence-corrected chi connectivity index (χ2v) is 7.11. The van der Waals surface area contributed by atoms with E-state index in [2.05, 4.69) is 13.8 Å². The van der Waals surface area contributed by atoms with Crippen molar-refractivity contribution in [2.24, 2.45) is 0 Å². The molecule has 1 radical (unpaired) electrons. The van der Waals surface area contributed by atoms with Crippen molar-refractivity contribution >= 4 is 31.0 Å². The minimum absolute atomic E-state index is 0.444. The summed E-state index contributed by atoms with van der Waals surface area (Å²) in [6.45, 7) is 5.93. The lowest BCUT2D eigenvalue weighted by atomic mass is 10.2. The van der Waals surface area contributed by atoms with Gasteiger partial charge in [-0.25, -0.2) is 0 Å². The molecule has 5 heteroatoms. The lowest BCUT2D eigenvalue weighted by Crippen LogP contribution is -1.96. The van der Waals surface area contributed by atoms with Crippen LogP contribution in [0.25, 0.3) is 0 Å². The Morgan fingerprint density at radius 2 is 1.82 bits per heavy atom. The Labute approximate surface area is 79.2 Å². The third-order valence-electron chi connectivity index (χ3n) is 1.09. The van der Waals surface area contributed by atoms with E-state index < -0.39 is 10.0 Å². The van der Waals surface area contributed by atoms with Crippen molar-refractivity contribution < 1.29 is 8.23 Å². The van der Waals surface area contributed by atoms with Crippen LogP contribution in [0.3, 0.4) is 0 Å². The molecule has 2 nitrogen and oxygen atoms in total. The molecule has 0 aliphatic rings. The minimum Gasteiger partial charge on any atom is -0.449 e. The fraction of sp³-hybridized carbons (Fsp3) is 0.833. The van der Waals surface area contributed by atoms with Crippen molar-refractivity contribution in [3.8, 4) is 0 Å². The quantitative estimate of drug-likeness (QED) is 0.426. The summed E-state index contributed by atoms with van der Waals surface area (Å²) in [5.41, 5.74) is 0. The first-order chi connectivity index (χ1) is 5.33. The predicted molar refractivity (Wildman–Crippen MR) is 60.1 cm³/mol. The lowest BCUT2D eigenvalue weighted by Gasteiger charge is -1.87. The summed E-state index contributed by atoms with van der Waals surface area (Å²) in [6.07, 6.45) is 5.07. The molecule has 0 N–H and O–H groups in total. The van der Waals surface area contributed by atoms with Crippen LogP contribution in [-0.2, 0) is 8.23 Å². The van der Waals surface area contributed by atoms with Crippen LogP contribution in [0.2, 0.25) is 0 Å². The fourth-order valence-corrected chi connectivity index (χ4v) is 3.61. The Bertz CT molecular complexity index is 49.1. The maximum absolute atomic E-state index is 4.78. The molecule has 0 aliphatic carbocycles. The molecule has 0 aromatic heterocycles. The van der Waals surface area contributed by atoms with Crippen LogP contribution < -0.4 is 0 Å². The largest absolute Gasteiger partial charge is 0.449 e. The first kappa shape index (κ1) is 14.1. The highest BCUT2D eigenvalue weighted by Crippen LogP contribution is 1.95. The van der Waals surface area contributed by atoms with Crippen molar-refractivity contribution in [2.75, 3.05) is 0 Å². The molecule has 0 aromatic rings. The van der Waals surface area contributed by atoms with Gasteiger partial charge in [0.25, 0.3) is 10.0 Å². The molecule has 0 rings (SSSR count). The second-order valence-electron chi connectivity index (χ2n) is 2.26. The summed E-state index contributed by atoms with van der Waals surface area (Å²) in [5.74, 6) is 0. The average Bonchev–Trinajstić information content (AvgIpc) is 2.04. The highest BCUT2D eigenvalue weighted by atomic mass is 28.3. The molecule has 0 spiro atoms. The van der Waals surface area contributed by atoms with Crippen molar-refractivity contribution in [1.82, 2.24) is 0 Å². The van der Waals surface area contributed by atoms with E-state index in [1.54, 1.807) is 0 Å². The number of unbranched alkanes of at least 4 members (excludes halogenated alkanes) is 3. The molecular formula is C6H21O2Si3. The summed E-state index contributed by atoms with van der Waals surface area (Å²) in [6, 6.07) is 0. The van der Waals surface area contributed by atoms with Gasteiger partial charge in [-0.05, 0) is 0 Å². The van der Waals surface area contributed by atoms with Gasteiger partial charge < -0.3 is 8.23 Å². The highest BCUT2D eigenvalue weighted by molar-refractivity contribution is 6.33. The van der Waals surface area contributed by atoms with Gasteiger partial charge in [0.15, 0.2) is 0 Å². The molecule has 69 valence electrons. The van der Waals surface area contributed by atoms with E-state index in [1.165, 1.54) is 19.3 Å². The first-order valence-electron chi connectivity index (χ1n) is 4.10. The van der Waals surface area contributed by atoms with Crippen LogP contribution in [-0.4, -0.2) is 31.0 Å². The molecule has 0 fully saturated rings. The predicted octanol–water partition coefficient (Wildman–Crippen LogP) is -1.02. The highest BCUT2D eigenvalue weighted by Gasteiger charge is 1.75. The standard InChI is InChI=1S/C6H13.H8O2Si3/c1-3-5-6-4-2;3-1-5-2-4/h1,3-6H2,2H3;5H2,3-4H3. The molecule has 0 aliphatic heterocycles. The van der Waals surface area contributed by atoms with E-state index in [1.807, 2.05) is 0 Å². The van der Waals surface area contributed by atoms with Gasteiger partial charge in [0.2, 0.25) is 0 Å².